The molecule has 126 valence electrons. The first-order valence-electron chi connectivity index (χ1n) is 7.88. The third-order valence-electron chi connectivity index (χ3n) is 4.37. The number of benzene rings is 2. The van der Waals surface area contributed by atoms with Gasteiger partial charge in [0.05, 0.1) is 0 Å². The van der Waals surface area contributed by atoms with Crippen LogP contribution in [0.3, 0.4) is 0 Å². The van der Waals surface area contributed by atoms with Crippen molar-refractivity contribution in [1.82, 2.24) is 0 Å². The van der Waals surface area contributed by atoms with E-state index < -0.39 is 11.7 Å². The Morgan fingerprint density at radius 3 is 2.46 bits per heavy atom. The Labute approximate surface area is 141 Å². The van der Waals surface area contributed by atoms with E-state index in [1.807, 2.05) is 30.3 Å². The summed E-state index contributed by atoms with van der Waals surface area (Å²) in [6.45, 7) is 8.15. The summed E-state index contributed by atoms with van der Waals surface area (Å²) in [7, 11) is 0. The SMILES string of the molecule is C=CCC(C)(CC)c1ccc(Oc2ccc(C(N)=O)cc2F)cc1. The van der Waals surface area contributed by atoms with Gasteiger partial charge in [-0.2, -0.15) is 0 Å². The highest BCUT2D eigenvalue weighted by atomic mass is 19.1. The van der Waals surface area contributed by atoms with Crippen LogP contribution in [-0.4, -0.2) is 5.91 Å². The lowest BCUT2D eigenvalue weighted by Gasteiger charge is -2.27. The highest BCUT2D eigenvalue weighted by Gasteiger charge is 2.22. The third kappa shape index (κ3) is 3.82. The Morgan fingerprint density at radius 1 is 1.29 bits per heavy atom. The first kappa shape index (κ1) is 17.7. The quantitative estimate of drug-likeness (QED) is 0.731. The average Bonchev–Trinajstić information content (AvgIpc) is 2.57. The van der Waals surface area contributed by atoms with Crippen LogP contribution in [0.1, 0.15) is 42.6 Å². The van der Waals surface area contributed by atoms with Gasteiger partial charge in [0.25, 0.3) is 0 Å². The zero-order chi connectivity index (χ0) is 17.7. The van der Waals surface area contributed by atoms with Gasteiger partial charge < -0.3 is 10.5 Å². The maximum absolute atomic E-state index is 14.0. The molecule has 0 saturated carbocycles. The molecule has 0 aliphatic rings. The maximum Gasteiger partial charge on any atom is 0.248 e. The zero-order valence-corrected chi connectivity index (χ0v) is 14.0. The largest absolute Gasteiger partial charge is 0.454 e. The lowest BCUT2D eigenvalue weighted by molar-refractivity contribution is 0.1000. The van der Waals surface area contributed by atoms with E-state index in [0.717, 1.165) is 18.9 Å². The highest BCUT2D eigenvalue weighted by Crippen LogP contribution is 2.33. The smallest absolute Gasteiger partial charge is 0.248 e. The van der Waals surface area contributed by atoms with E-state index in [1.54, 1.807) is 0 Å². The Bertz CT molecular complexity index is 740. The van der Waals surface area contributed by atoms with Crippen molar-refractivity contribution in [3.05, 3.63) is 72.1 Å². The molecule has 0 bridgehead atoms. The Morgan fingerprint density at radius 2 is 1.96 bits per heavy atom. The summed E-state index contributed by atoms with van der Waals surface area (Å²) in [5.74, 6) is -0.718. The molecule has 3 nitrogen and oxygen atoms in total. The Balaban J connectivity index is 2.20. The molecule has 0 radical (unpaired) electrons. The number of halogens is 1. The van der Waals surface area contributed by atoms with Crippen molar-refractivity contribution in [3.63, 3.8) is 0 Å². The van der Waals surface area contributed by atoms with Crippen molar-refractivity contribution in [2.24, 2.45) is 5.73 Å². The molecule has 1 amide bonds. The minimum Gasteiger partial charge on any atom is -0.454 e. The van der Waals surface area contributed by atoms with Crippen LogP contribution in [0.5, 0.6) is 11.5 Å². The fraction of sp³-hybridized carbons (Fsp3) is 0.250. The summed E-state index contributed by atoms with van der Waals surface area (Å²) in [5.41, 5.74) is 6.44. The monoisotopic (exact) mass is 327 g/mol. The molecule has 2 N–H and O–H groups in total. The van der Waals surface area contributed by atoms with Gasteiger partial charge in [-0.05, 0) is 54.2 Å². The number of allylic oxidation sites excluding steroid dienone is 1. The molecule has 24 heavy (non-hydrogen) atoms. The predicted molar refractivity (Wildman–Crippen MR) is 93.9 cm³/mol. The molecule has 0 aliphatic heterocycles. The molecular formula is C20H22FNO2. The number of hydrogen-bond donors (Lipinski definition) is 1. The first-order chi connectivity index (χ1) is 11.4. The van der Waals surface area contributed by atoms with Crippen LogP contribution in [0, 0.1) is 5.82 Å². The van der Waals surface area contributed by atoms with Gasteiger partial charge in [0, 0.05) is 5.56 Å². The molecule has 0 spiro atoms. The van der Waals surface area contributed by atoms with Gasteiger partial charge in [-0.1, -0.05) is 32.1 Å². The molecule has 0 aromatic heterocycles. The van der Waals surface area contributed by atoms with Gasteiger partial charge in [0.15, 0.2) is 11.6 Å². The molecule has 2 aromatic carbocycles. The summed E-state index contributed by atoms with van der Waals surface area (Å²) in [4.78, 5) is 11.0. The number of carbonyl (C=O) groups excluding carboxylic acids is 1. The van der Waals surface area contributed by atoms with E-state index in [-0.39, 0.29) is 16.7 Å². The maximum atomic E-state index is 14.0. The number of ether oxygens (including phenoxy) is 1. The summed E-state index contributed by atoms with van der Waals surface area (Å²) in [6.07, 6.45) is 3.79. The van der Waals surface area contributed by atoms with Crippen LogP contribution < -0.4 is 10.5 Å². The lowest BCUT2D eigenvalue weighted by Crippen LogP contribution is -2.19. The molecule has 0 heterocycles. The number of primary amides is 1. The van der Waals surface area contributed by atoms with Gasteiger partial charge in [0.1, 0.15) is 5.75 Å². The van der Waals surface area contributed by atoms with Crippen LogP contribution in [0.4, 0.5) is 4.39 Å². The average molecular weight is 327 g/mol. The standard InChI is InChI=1S/C20H22FNO2/c1-4-12-20(3,5-2)15-7-9-16(10-8-15)24-18-11-6-14(19(22)23)13-17(18)21/h4,6-11,13H,1,5,12H2,2-3H3,(H2,22,23). The number of rotatable bonds is 7. The van der Waals surface area contributed by atoms with Crippen molar-refractivity contribution >= 4 is 5.91 Å². The second kappa shape index (κ2) is 7.30. The molecule has 2 rings (SSSR count). The second-order valence-corrected chi connectivity index (χ2v) is 6.04. The minimum atomic E-state index is -0.675. The van der Waals surface area contributed by atoms with E-state index in [9.17, 15) is 9.18 Å². The molecule has 0 fully saturated rings. The van der Waals surface area contributed by atoms with Crippen LogP contribution in [0.2, 0.25) is 0 Å². The number of carbonyl (C=O) groups is 1. The van der Waals surface area contributed by atoms with Crippen LogP contribution >= 0.6 is 0 Å². The van der Waals surface area contributed by atoms with Gasteiger partial charge >= 0.3 is 0 Å². The van der Waals surface area contributed by atoms with Crippen LogP contribution in [-0.2, 0) is 5.41 Å². The zero-order valence-electron chi connectivity index (χ0n) is 14.0. The van der Waals surface area contributed by atoms with Gasteiger partial charge in [-0.15, -0.1) is 6.58 Å². The summed E-state index contributed by atoms with van der Waals surface area (Å²) in [6, 6.07) is 11.5. The summed E-state index contributed by atoms with van der Waals surface area (Å²) < 4.78 is 19.5. The second-order valence-electron chi connectivity index (χ2n) is 6.04. The van der Waals surface area contributed by atoms with E-state index in [2.05, 4.69) is 20.4 Å². The normalized spacial score (nSPS) is 13.1. The van der Waals surface area contributed by atoms with Crippen molar-refractivity contribution in [2.45, 2.75) is 32.1 Å². The lowest BCUT2D eigenvalue weighted by atomic mass is 9.77. The molecular weight excluding hydrogens is 305 g/mol. The van der Waals surface area contributed by atoms with E-state index in [4.69, 9.17) is 10.5 Å². The van der Waals surface area contributed by atoms with Crippen molar-refractivity contribution in [1.29, 1.82) is 0 Å². The van der Waals surface area contributed by atoms with Crippen molar-refractivity contribution in [3.8, 4) is 11.5 Å². The molecule has 0 saturated heterocycles. The predicted octanol–water partition coefficient (Wildman–Crippen LogP) is 4.96. The van der Waals surface area contributed by atoms with Crippen LogP contribution in [0.15, 0.2) is 55.1 Å². The molecule has 1 unspecified atom stereocenters. The Hall–Kier alpha value is -2.62. The van der Waals surface area contributed by atoms with E-state index in [0.29, 0.717) is 5.75 Å². The van der Waals surface area contributed by atoms with E-state index >= 15 is 0 Å². The van der Waals surface area contributed by atoms with Gasteiger partial charge in [-0.3, -0.25) is 4.79 Å². The molecule has 0 aliphatic carbocycles. The number of nitrogens with two attached hydrogens (primary N) is 1. The topological polar surface area (TPSA) is 52.3 Å². The fourth-order valence-corrected chi connectivity index (χ4v) is 2.57. The number of hydrogen-bond acceptors (Lipinski definition) is 2. The fourth-order valence-electron chi connectivity index (χ4n) is 2.57. The minimum absolute atomic E-state index is 0.0225. The van der Waals surface area contributed by atoms with Crippen molar-refractivity contribution < 1.29 is 13.9 Å². The Kier molecular flexibility index (Phi) is 5.39. The van der Waals surface area contributed by atoms with E-state index in [1.165, 1.54) is 17.7 Å². The summed E-state index contributed by atoms with van der Waals surface area (Å²) >= 11 is 0. The number of amides is 1. The van der Waals surface area contributed by atoms with Gasteiger partial charge in [-0.25, -0.2) is 4.39 Å². The molecule has 2 aromatic rings. The summed E-state index contributed by atoms with van der Waals surface area (Å²) in [5, 5.41) is 0. The van der Waals surface area contributed by atoms with Gasteiger partial charge in [0.2, 0.25) is 5.91 Å². The first-order valence-corrected chi connectivity index (χ1v) is 7.88. The highest BCUT2D eigenvalue weighted by molar-refractivity contribution is 5.92. The van der Waals surface area contributed by atoms with Crippen LogP contribution in [0.25, 0.3) is 0 Å². The molecule has 4 heteroatoms. The third-order valence-corrected chi connectivity index (χ3v) is 4.37. The van der Waals surface area contributed by atoms with Crippen molar-refractivity contribution in [2.75, 3.05) is 0 Å². The molecule has 1 atom stereocenters.